The molecule has 2 aliphatic rings. The van der Waals surface area contributed by atoms with Crippen molar-refractivity contribution in [3.8, 4) is 5.75 Å². The fourth-order valence-corrected chi connectivity index (χ4v) is 5.21. The molecule has 2 amide bonds. The maximum atomic E-state index is 13.5. The first-order valence-corrected chi connectivity index (χ1v) is 13.8. The number of aliphatic hydroxyl groups excluding tert-OH is 2. The maximum absolute atomic E-state index is 13.5. The quantitative estimate of drug-likeness (QED) is 0.309. The maximum Gasteiger partial charge on any atom is 0.247 e. The van der Waals surface area contributed by atoms with Crippen LogP contribution in [0, 0.1) is 0 Å². The van der Waals surface area contributed by atoms with Crippen molar-refractivity contribution in [3.63, 3.8) is 0 Å². The first-order valence-electron chi connectivity index (χ1n) is 13.8. The second kappa shape index (κ2) is 14.5. The molecule has 3 rings (SSSR count). The number of carbonyl (C=O) groups is 2. The van der Waals surface area contributed by atoms with Gasteiger partial charge in [0.2, 0.25) is 11.8 Å². The zero-order valence-electron chi connectivity index (χ0n) is 22.5. The van der Waals surface area contributed by atoms with Crippen LogP contribution in [0.25, 0.3) is 0 Å². The normalized spacial score (nSPS) is 22.2. The Bertz CT molecular complexity index is 917. The molecule has 37 heavy (non-hydrogen) atoms. The zero-order valence-corrected chi connectivity index (χ0v) is 22.5. The first-order chi connectivity index (χ1) is 17.9. The summed E-state index contributed by atoms with van der Waals surface area (Å²) >= 11 is 0. The SMILES string of the molecule is CCCCCCCC(=O)N(CCCOC(C)C)C1C=C(C(=O)NCCO)C2c3ccccc3OC2C1O. The molecule has 0 radical (unpaired) electrons. The van der Waals surface area contributed by atoms with E-state index in [0.29, 0.717) is 37.3 Å². The minimum Gasteiger partial charge on any atom is -0.486 e. The number of ether oxygens (including phenoxy) is 2. The molecule has 1 aromatic carbocycles. The third-order valence-corrected chi connectivity index (χ3v) is 7.05. The summed E-state index contributed by atoms with van der Waals surface area (Å²) in [5, 5.41) is 23.5. The number of hydrogen-bond donors (Lipinski definition) is 3. The smallest absolute Gasteiger partial charge is 0.247 e. The molecule has 8 heteroatoms. The molecule has 206 valence electrons. The molecule has 8 nitrogen and oxygen atoms in total. The van der Waals surface area contributed by atoms with Gasteiger partial charge in [-0.15, -0.1) is 0 Å². The van der Waals surface area contributed by atoms with Gasteiger partial charge in [0, 0.05) is 37.3 Å². The second-order valence-corrected chi connectivity index (χ2v) is 10.2. The molecule has 0 aromatic heterocycles. The van der Waals surface area contributed by atoms with Crippen molar-refractivity contribution in [1.82, 2.24) is 10.2 Å². The predicted octanol–water partition coefficient (Wildman–Crippen LogP) is 3.31. The van der Waals surface area contributed by atoms with Gasteiger partial charge in [-0.25, -0.2) is 0 Å². The fraction of sp³-hybridized carbons (Fsp3) is 0.655. The van der Waals surface area contributed by atoms with Gasteiger partial charge >= 0.3 is 0 Å². The average Bonchev–Trinajstić information content (AvgIpc) is 3.28. The summed E-state index contributed by atoms with van der Waals surface area (Å²) in [6.07, 6.45) is 6.35. The number of unbranched alkanes of at least 4 members (excludes halogenated alkanes) is 4. The lowest BCUT2D eigenvalue weighted by Crippen LogP contribution is -2.56. The van der Waals surface area contributed by atoms with Crippen LogP contribution in [-0.2, 0) is 14.3 Å². The molecule has 4 unspecified atom stereocenters. The van der Waals surface area contributed by atoms with Crippen molar-refractivity contribution >= 4 is 11.8 Å². The number of nitrogens with zero attached hydrogens (tertiary/aromatic N) is 1. The molecule has 0 saturated carbocycles. The van der Waals surface area contributed by atoms with Gasteiger partial charge in [0.1, 0.15) is 18.0 Å². The summed E-state index contributed by atoms with van der Waals surface area (Å²) in [7, 11) is 0. The number of aliphatic hydroxyl groups is 2. The molecular formula is C29H44N2O6. The summed E-state index contributed by atoms with van der Waals surface area (Å²) in [6, 6.07) is 6.78. The van der Waals surface area contributed by atoms with E-state index in [9.17, 15) is 19.8 Å². The van der Waals surface area contributed by atoms with Crippen molar-refractivity contribution < 1.29 is 29.3 Å². The van der Waals surface area contributed by atoms with Gasteiger partial charge in [-0.1, -0.05) is 50.8 Å². The summed E-state index contributed by atoms with van der Waals surface area (Å²) in [4.78, 5) is 28.4. The zero-order chi connectivity index (χ0) is 26.8. The largest absolute Gasteiger partial charge is 0.486 e. The highest BCUT2D eigenvalue weighted by atomic mass is 16.5. The van der Waals surface area contributed by atoms with Crippen LogP contribution < -0.4 is 10.1 Å². The highest BCUT2D eigenvalue weighted by Gasteiger charge is 2.50. The van der Waals surface area contributed by atoms with E-state index in [1.54, 1.807) is 11.0 Å². The second-order valence-electron chi connectivity index (χ2n) is 10.2. The predicted molar refractivity (Wildman–Crippen MR) is 142 cm³/mol. The van der Waals surface area contributed by atoms with Crippen LogP contribution >= 0.6 is 0 Å². The van der Waals surface area contributed by atoms with Crippen LogP contribution in [0.4, 0.5) is 0 Å². The van der Waals surface area contributed by atoms with Crippen LogP contribution in [0.15, 0.2) is 35.9 Å². The number of rotatable bonds is 15. The Hall–Kier alpha value is -2.42. The Labute approximate surface area is 221 Å². The number of carbonyl (C=O) groups excluding carboxylic acids is 2. The number of fused-ring (bicyclic) bond motifs is 3. The highest BCUT2D eigenvalue weighted by molar-refractivity contribution is 5.96. The summed E-state index contributed by atoms with van der Waals surface area (Å²) < 4.78 is 11.9. The standard InChI is InChI=1S/C29H44N2O6/c1-4-5-6-7-8-14-25(33)31(16-11-18-36-20(2)3)23-19-22(29(35)30-15-17-32)26-21-12-9-10-13-24(21)37-28(26)27(23)34/h9-10,12-13,19-20,23,26-28,32,34H,4-8,11,14-18H2,1-3H3,(H,30,35). The van der Waals surface area contributed by atoms with E-state index < -0.39 is 24.2 Å². The van der Waals surface area contributed by atoms with E-state index in [1.807, 2.05) is 38.1 Å². The van der Waals surface area contributed by atoms with Crippen molar-refractivity contribution in [2.45, 2.75) is 96.0 Å². The Morgan fingerprint density at radius 1 is 1.14 bits per heavy atom. The Balaban J connectivity index is 1.87. The highest BCUT2D eigenvalue weighted by Crippen LogP contribution is 2.47. The summed E-state index contributed by atoms with van der Waals surface area (Å²) in [5.74, 6) is -0.171. The van der Waals surface area contributed by atoms with E-state index in [2.05, 4.69) is 12.2 Å². The molecule has 0 spiro atoms. The molecule has 0 bridgehead atoms. The van der Waals surface area contributed by atoms with Crippen LogP contribution in [0.1, 0.15) is 77.2 Å². The fourth-order valence-electron chi connectivity index (χ4n) is 5.21. The van der Waals surface area contributed by atoms with Crippen molar-refractivity contribution in [1.29, 1.82) is 0 Å². The van der Waals surface area contributed by atoms with Gasteiger partial charge in [-0.05, 0) is 38.8 Å². The molecule has 1 aliphatic heterocycles. The topological polar surface area (TPSA) is 108 Å². The van der Waals surface area contributed by atoms with Gasteiger partial charge in [0.05, 0.1) is 24.7 Å². The van der Waals surface area contributed by atoms with Gasteiger partial charge < -0.3 is 29.9 Å². The van der Waals surface area contributed by atoms with E-state index in [-0.39, 0.29) is 31.1 Å². The number of benzene rings is 1. The van der Waals surface area contributed by atoms with Crippen molar-refractivity contribution in [2.75, 3.05) is 26.3 Å². The molecule has 4 atom stereocenters. The van der Waals surface area contributed by atoms with Crippen LogP contribution in [0.3, 0.4) is 0 Å². The lowest BCUT2D eigenvalue weighted by molar-refractivity contribution is -0.137. The third kappa shape index (κ3) is 7.55. The van der Waals surface area contributed by atoms with E-state index in [4.69, 9.17) is 9.47 Å². The van der Waals surface area contributed by atoms with Gasteiger partial charge in [0.15, 0.2) is 0 Å². The average molecular weight is 517 g/mol. The van der Waals surface area contributed by atoms with Crippen LogP contribution in [0.2, 0.25) is 0 Å². The number of hydrogen-bond acceptors (Lipinski definition) is 6. The Morgan fingerprint density at radius 2 is 1.89 bits per heavy atom. The number of nitrogens with one attached hydrogen (secondary N) is 1. The molecule has 3 N–H and O–H groups in total. The van der Waals surface area contributed by atoms with Crippen LogP contribution in [-0.4, -0.2) is 77.6 Å². The van der Waals surface area contributed by atoms with E-state index >= 15 is 0 Å². The first kappa shape index (κ1) is 29.1. The summed E-state index contributed by atoms with van der Waals surface area (Å²) in [6.45, 7) is 6.96. The van der Waals surface area contributed by atoms with E-state index in [1.165, 1.54) is 0 Å². The number of amides is 2. The molecule has 0 fully saturated rings. The van der Waals surface area contributed by atoms with Crippen molar-refractivity contribution in [2.24, 2.45) is 0 Å². The monoisotopic (exact) mass is 516 g/mol. The molecule has 0 saturated heterocycles. The van der Waals surface area contributed by atoms with Gasteiger partial charge in [-0.3, -0.25) is 9.59 Å². The summed E-state index contributed by atoms with van der Waals surface area (Å²) in [5.41, 5.74) is 1.30. The number of para-hydroxylation sites is 1. The lowest BCUT2D eigenvalue weighted by Gasteiger charge is -2.41. The minimum atomic E-state index is -0.998. The molecular weight excluding hydrogens is 472 g/mol. The third-order valence-electron chi connectivity index (χ3n) is 7.05. The van der Waals surface area contributed by atoms with Crippen LogP contribution in [0.5, 0.6) is 5.75 Å². The van der Waals surface area contributed by atoms with Gasteiger partial charge in [0.25, 0.3) is 0 Å². The Kier molecular flexibility index (Phi) is 11.4. The lowest BCUT2D eigenvalue weighted by atomic mass is 9.77. The van der Waals surface area contributed by atoms with Gasteiger partial charge in [-0.2, -0.15) is 0 Å². The van der Waals surface area contributed by atoms with E-state index in [0.717, 1.165) is 37.7 Å². The minimum absolute atomic E-state index is 0.0366. The molecule has 1 heterocycles. The molecule has 1 aromatic rings. The Morgan fingerprint density at radius 3 is 2.62 bits per heavy atom. The molecule has 1 aliphatic carbocycles. The van der Waals surface area contributed by atoms with Crippen molar-refractivity contribution in [3.05, 3.63) is 41.5 Å².